The van der Waals surface area contributed by atoms with Gasteiger partial charge in [0, 0.05) is 25.7 Å². The van der Waals surface area contributed by atoms with E-state index in [1.807, 2.05) is 0 Å². The van der Waals surface area contributed by atoms with Gasteiger partial charge < -0.3 is 9.84 Å². The zero-order valence-electron chi connectivity index (χ0n) is 10.4. The van der Waals surface area contributed by atoms with Crippen LogP contribution in [0, 0.1) is 6.92 Å². The summed E-state index contributed by atoms with van der Waals surface area (Å²) in [5.74, 6) is 0. The molecule has 0 aliphatic carbocycles. The van der Waals surface area contributed by atoms with Gasteiger partial charge in [0.2, 0.25) is 0 Å². The number of hydrogen-bond acceptors (Lipinski definition) is 3. The lowest BCUT2D eigenvalue weighted by atomic mass is 10.1. The van der Waals surface area contributed by atoms with Gasteiger partial charge in [-0.15, -0.1) is 0 Å². The van der Waals surface area contributed by atoms with Crippen LogP contribution < -0.4 is 0 Å². The fourth-order valence-corrected chi connectivity index (χ4v) is 2.24. The van der Waals surface area contributed by atoms with Crippen molar-refractivity contribution in [2.24, 2.45) is 0 Å². The molecule has 1 fully saturated rings. The number of ether oxygens (including phenoxy) is 1. The maximum atomic E-state index is 9.06. The van der Waals surface area contributed by atoms with E-state index < -0.39 is 0 Å². The van der Waals surface area contributed by atoms with E-state index in [1.54, 1.807) is 0 Å². The van der Waals surface area contributed by atoms with Crippen LogP contribution in [-0.4, -0.2) is 42.4 Å². The first-order chi connectivity index (χ1) is 8.29. The van der Waals surface area contributed by atoms with Crippen LogP contribution in [0.1, 0.15) is 17.5 Å². The van der Waals surface area contributed by atoms with Gasteiger partial charge in [-0.05, 0) is 18.9 Å². The van der Waals surface area contributed by atoms with Gasteiger partial charge in [-0.3, -0.25) is 4.90 Å². The van der Waals surface area contributed by atoms with Crippen LogP contribution in [0.25, 0.3) is 0 Å². The molecule has 2 rings (SSSR count). The smallest absolute Gasteiger partial charge is 0.0623 e. The van der Waals surface area contributed by atoms with Crippen LogP contribution in [0.5, 0.6) is 0 Å². The second-order valence-corrected chi connectivity index (χ2v) is 4.70. The molecule has 0 spiro atoms. The van der Waals surface area contributed by atoms with Crippen molar-refractivity contribution in [3.8, 4) is 0 Å². The summed E-state index contributed by atoms with van der Waals surface area (Å²) in [7, 11) is 0. The van der Waals surface area contributed by atoms with Crippen molar-refractivity contribution in [3.05, 3.63) is 35.4 Å². The Morgan fingerprint density at radius 2 is 2.12 bits per heavy atom. The van der Waals surface area contributed by atoms with E-state index >= 15 is 0 Å². The molecule has 3 heteroatoms. The van der Waals surface area contributed by atoms with Crippen molar-refractivity contribution in [3.63, 3.8) is 0 Å². The monoisotopic (exact) mass is 235 g/mol. The molecule has 3 nitrogen and oxygen atoms in total. The number of aryl methyl sites for hydroxylation is 1. The number of hydrogen-bond donors (Lipinski definition) is 1. The molecule has 1 aliphatic rings. The van der Waals surface area contributed by atoms with Crippen LogP contribution >= 0.6 is 0 Å². The predicted octanol–water partition coefficient (Wildman–Crippen LogP) is 1.58. The molecule has 0 saturated carbocycles. The predicted molar refractivity (Wildman–Crippen MR) is 67.9 cm³/mol. The fraction of sp³-hybridized carbons (Fsp3) is 0.571. The van der Waals surface area contributed by atoms with Gasteiger partial charge in [0.15, 0.2) is 0 Å². The first-order valence-corrected chi connectivity index (χ1v) is 6.28. The van der Waals surface area contributed by atoms with Crippen molar-refractivity contribution >= 4 is 0 Å². The molecule has 1 aromatic carbocycles. The Labute approximate surface area is 103 Å². The molecule has 1 heterocycles. The van der Waals surface area contributed by atoms with Gasteiger partial charge in [-0.25, -0.2) is 0 Å². The quantitative estimate of drug-likeness (QED) is 0.860. The molecule has 0 aromatic heterocycles. The Bertz CT molecular complexity index is 335. The lowest BCUT2D eigenvalue weighted by Gasteiger charge is -2.35. The number of aliphatic hydroxyl groups is 1. The zero-order valence-corrected chi connectivity index (χ0v) is 10.4. The van der Waals surface area contributed by atoms with E-state index in [0.717, 1.165) is 32.7 Å². The summed E-state index contributed by atoms with van der Waals surface area (Å²) < 4.78 is 5.47. The fourth-order valence-electron chi connectivity index (χ4n) is 2.24. The molecular formula is C14H21NO2. The van der Waals surface area contributed by atoms with Crippen molar-refractivity contribution in [2.75, 3.05) is 26.4 Å². The molecule has 0 radical (unpaired) electrons. The largest absolute Gasteiger partial charge is 0.396 e. The summed E-state index contributed by atoms with van der Waals surface area (Å²) in [4.78, 5) is 2.41. The van der Waals surface area contributed by atoms with Crippen molar-refractivity contribution < 1.29 is 9.84 Å². The molecule has 1 aromatic rings. The van der Waals surface area contributed by atoms with Gasteiger partial charge in [0.05, 0.1) is 13.2 Å². The van der Waals surface area contributed by atoms with E-state index in [0.29, 0.717) is 6.04 Å². The first kappa shape index (κ1) is 12.6. The van der Waals surface area contributed by atoms with E-state index in [2.05, 4.69) is 36.1 Å². The second kappa shape index (κ2) is 6.15. The molecular weight excluding hydrogens is 214 g/mol. The highest BCUT2D eigenvalue weighted by atomic mass is 16.5. The summed E-state index contributed by atoms with van der Waals surface area (Å²) in [6, 6.07) is 9.02. The van der Waals surface area contributed by atoms with E-state index in [9.17, 15) is 0 Å². The molecule has 1 unspecified atom stereocenters. The minimum atomic E-state index is 0.235. The first-order valence-electron chi connectivity index (χ1n) is 6.28. The lowest BCUT2D eigenvalue weighted by molar-refractivity contribution is -0.0195. The van der Waals surface area contributed by atoms with E-state index in [1.165, 1.54) is 11.1 Å². The van der Waals surface area contributed by atoms with Crippen LogP contribution in [0.15, 0.2) is 24.3 Å². The molecule has 1 saturated heterocycles. The van der Waals surface area contributed by atoms with Crippen molar-refractivity contribution in [1.82, 2.24) is 4.90 Å². The molecule has 0 bridgehead atoms. The Balaban J connectivity index is 1.97. The average molecular weight is 235 g/mol. The summed E-state index contributed by atoms with van der Waals surface area (Å²) in [5, 5.41) is 9.06. The molecule has 1 aliphatic heterocycles. The summed E-state index contributed by atoms with van der Waals surface area (Å²) >= 11 is 0. The van der Waals surface area contributed by atoms with Crippen LogP contribution in [0.4, 0.5) is 0 Å². The van der Waals surface area contributed by atoms with E-state index in [4.69, 9.17) is 9.84 Å². The number of benzene rings is 1. The number of morpholine rings is 1. The van der Waals surface area contributed by atoms with Gasteiger partial charge in [0.25, 0.3) is 0 Å². The third kappa shape index (κ3) is 3.53. The molecule has 94 valence electrons. The number of nitrogens with zero attached hydrogens (tertiary/aromatic N) is 1. The third-order valence-electron chi connectivity index (χ3n) is 3.32. The highest BCUT2D eigenvalue weighted by molar-refractivity contribution is 5.21. The maximum Gasteiger partial charge on any atom is 0.0623 e. The van der Waals surface area contributed by atoms with Gasteiger partial charge in [0.1, 0.15) is 0 Å². The van der Waals surface area contributed by atoms with Gasteiger partial charge in [-0.1, -0.05) is 29.8 Å². The average Bonchev–Trinajstić information content (AvgIpc) is 2.35. The van der Waals surface area contributed by atoms with Gasteiger partial charge >= 0.3 is 0 Å². The highest BCUT2D eigenvalue weighted by Gasteiger charge is 2.22. The SMILES string of the molecule is Cc1ccc(CN2CCOCC2CCO)cc1. The normalized spacial score (nSPS) is 21.6. The summed E-state index contributed by atoms with van der Waals surface area (Å²) in [6.45, 7) is 5.79. The van der Waals surface area contributed by atoms with Crippen LogP contribution in [0.2, 0.25) is 0 Å². The van der Waals surface area contributed by atoms with Crippen molar-refractivity contribution in [1.29, 1.82) is 0 Å². The van der Waals surface area contributed by atoms with Crippen molar-refractivity contribution in [2.45, 2.75) is 25.9 Å². The lowest BCUT2D eigenvalue weighted by Crippen LogP contribution is -2.45. The Morgan fingerprint density at radius 3 is 2.82 bits per heavy atom. The standard InChI is InChI=1S/C14H21NO2/c1-12-2-4-13(5-3-12)10-15-7-9-17-11-14(15)6-8-16/h2-5,14,16H,6-11H2,1H3. The number of aliphatic hydroxyl groups excluding tert-OH is 1. The second-order valence-electron chi connectivity index (χ2n) is 4.70. The Morgan fingerprint density at radius 1 is 1.35 bits per heavy atom. The van der Waals surface area contributed by atoms with Crippen LogP contribution in [0.3, 0.4) is 0 Å². The summed E-state index contributed by atoms with van der Waals surface area (Å²) in [5.41, 5.74) is 2.63. The van der Waals surface area contributed by atoms with E-state index in [-0.39, 0.29) is 6.61 Å². The van der Waals surface area contributed by atoms with Gasteiger partial charge in [-0.2, -0.15) is 0 Å². The topological polar surface area (TPSA) is 32.7 Å². The molecule has 0 amide bonds. The molecule has 1 N–H and O–H groups in total. The Kier molecular flexibility index (Phi) is 4.54. The molecule has 17 heavy (non-hydrogen) atoms. The minimum absolute atomic E-state index is 0.235. The molecule has 1 atom stereocenters. The third-order valence-corrected chi connectivity index (χ3v) is 3.32. The highest BCUT2D eigenvalue weighted by Crippen LogP contribution is 2.15. The number of rotatable bonds is 4. The summed E-state index contributed by atoms with van der Waals surface area (Å²) in [6.07, 6.45) is 0.797. The Hall–Kier alpha value is -0.900. The zero-order chi connectivity index (χ0) is 12.1. The minimum Gasteiger partial charge on any atom is -0.396 e. The maximum absolute atomic E-state index is 9.06. The van der Waals surface area contributed by atoms with Crippen LogP contribution in [-0.2, 0) is 11.3 Å².